The number of carbonyl (C=O) groups is 1. The molecule has 1 aliphatic heterocycles. The second kappa shape index (κ2) is 8.37. The Morgan fingerprint density at radius 2 is 1.67 bits per heavy atom. The fourth-order valence-corrected chi connectivity index (χ4v) is 3.94. The smallest absolute Gasteiger partial charge is 0.274 e. The fourth-order valence-electron chi connectivity index (χ4n) is 3.94. The van der Waals surface area contributed by atoms with Crippen LogP contribution in [-0.4, -0.2) is 53.0 Å². The van der Waals surface area contributed by atoms with Crippen LogP contribution in [0, 0.1) is 0 Å². The summed E-state index contributed by atoms with van der Waals surface area (Å²) in [6, 6.07) is 10.8. The minimum Gasteiger partial charge on any atom is -0.368 e. The van der Waals surface area contributed by atoms with Crippen LogP contribution in [0.1, 0.15) is 42.6 Å². The van der Waals surface area contributed by atoms with Crippen molar-refractivity contribution < 1.29 is 4.79 Å². The molecule has 142 valence electrons. The number of nitrogens with one attached hydrogen (secondary N) is 1. The van der Waals surface area contributed by atoms with Gasteiger partial charge in [-0.25, -0.2) is 9.97 Å². The van der Waals surface area contributed by atoms with Crippen molar-refractivity contribution in [2.75, 3.05) is 36.4 Å². The Labute approximate surface area is 160 Å². The van der Waals surface area contributed by atoms with Crippen LogP contribution >= 0.6 is 0 Å². The number of benzene rings is 1. The van der Waals surface area contributed by atoms with Crippen LogP contribution in [0.3, 0.4) is 0 Å². The molecule has 2 aliphatic rings. The van der Waals surface area contributed by atoms with Crippen LogP contribution in [0.15, 0.2) is 42.7 Å². The molecule has 0 radical (unpaired) electrons. The molecule has 1 aliphatic carbocycles. The topological polar surface area (TPSA) is 61.4 Å². The van der Waals surface area contributed by atoms with Crippen molar-refractivity contribution in [3.05, 3.63) is 48.4 Å². The summed E-state index contributed by atoms with van der Waals surface area (Å²) in [6.07, 6.45) is 9.56. The molecule has 1 amide bonds. The van der Waals surface area contributed by atoms with Crippen molar-refractivity contribution in [1.29, 1.82) is 0 Å². The Morgan fingerprint density at radius 3 is 2.33 bits per heavy atom. The molecule has 1 saturated carbocycles. The van der Waals surface area contributed by atoms with E-state index in [0.717, 1.165) is 18.9 Å². The molecule has 0 unspecified atom stereocenters. The van der Waals surface area contributed by atoms with Crippen LogP contribution in [0.2, 0.25) is 0 Å². The molecule has 0 bridgehead atoms. The Kier molecular flexibility index (Phi) is 5.51. The monoisotopic (exact) mass is 365 g/mol. The third-order valence-corrected chi connectivity index (χ3v) is 5.52. The molecule has 2 aromatic rings. The number of anilines is 2. The van der Waals surface area contributed by atoms with Gasteiger partial charge in [0.05, 0.1) is 12.4 Å². The van der Waals surface area contributed by atoms with E-state index in [4.69, 9.17) is 0 Å². The van der Waals surface area contributed by atoms with Crippen LogP contribution in [0.4, 0.5) is 11.5 Å². The van der Waals surface area contributed by atoms with E-state index in [2.05, 4.69) is 32.3 Å². The summed E-state index contributed by atoms with van der Waals surface area (Å²) in [6.45, 7) is 3.09. The van der Waals surface area contributed by atoms with Gasteiger partial charge >= 0.3 is 0 Å². The predicted octanol–water partition coefficient (Wildman–Crippen LogP) is 3.18. The predicted molar refractivity (Wildman–Crippen MR) is 107 cm³/mol. The van der Waals surface area contributed by atoms with E-state index in [1.165, 1.54) is 37.8 Å². The average Bonchev–Trinajstić information content (AvgIpc) is 2.75. The SMILES string of the molecule is O=C(c1cnc(NC2CCCCC2)cn1)N1CCN(c2ccccc2)CC1. The highest BCUT2D eigenvalue weighted by molar-refractivity contribution is 5.92. The number of hydrogen-bond acceptors (Lipinski definition) is 5. The van der Waals surface area contributed by atoms with Crippen molar-refractivity contribution in [2.45, 2.75) is 38.1 Å². The first-order chi connectivity index (χ1) is 13.3. The molecule has 1 saturated heterocycles. The minimum atomic E-state index is -0.0283. The number of aromatic nitrogens is 2. The van der Waals surface area contributed by atoms with Gasteiger partial charge in [0, 0.05) is 37.9 Å². The molecule has 1 aromatic carbocycles. The lowest BCUT2D eigenvalue weighted by Crippen LogP contribution is -2.49. The molecule has 1 N–H and O–H groups in total. The Hall–Kier alpha value is -2.63. The van der Waals surface area contributed by atoms with E-state index in [1.54, 1.807) is 12.4 Å². The Bertz CT molecular complexity index is 735. The van der Waals surface area contributed by atoms with E-state index in [9.17, 15) is 4.79 Å². The van der Waals surface area contributed by atoms with E-state index in [1.807, 2.05) is 23.1 Å². The first kappa shape index (κ1) is 17.8. The van der Waals surface area contributed by atoms with Gasteiger partial charge in [0.1, 0.15) is 11.5 Å². The summed E-state index contributed by atoms with van der Waals surface area (Å²) >= 11 is 0. The number of hydrogen-bond donors (Lipinski definition) is 1. The number of carbonyl (C=O) groups excluding carboxylic acids is 1. The quantitative estimate of drug-likeness (QED) is 0.902. The Morgan fingerprint density at radius 1 is 0.926 bits per heavy atom. The molecule has 4 rings (SSSR count). The van der Waals surface area contributed by atoms with Gasteiger partial charge in [-0.15, -0.1) is 0 Å². The van der Waals surface area contributed by atoms with E-state index in [-0.39, 0.29) is 5.91 Å². The van der Waals surface area contributed by atoms with Gasteiger partial charge in [-0.3, -0.25) is 4.79 Å². The third kappa shape index (κ3) is 4.38. The molecule has 0 atom stereocenters. The molecule has 2 fully saturated rings. The van der Waals surface area contributed by atoms with Crippen molar-refractivity contribution in [3.8, 4) is 0 Å². The second-order valence-corrected chi connectivity index (χ2v) is 7.38. The van der Waals surface area contributed by atoms with E-state index in [0.29, 0.717) is 24.8 Å². The van der Waals surface area contributed by atoms with Gasteiger partial charge in [-0.2, -0.15) is 0 Å². The molecule has 1 aromatic heterocycles. The zero-order valence-electron chi connectivity index (χ0n) is 15.7. The van der Waals surface area contributed by atoms with Crippen LogP contribution in [-0.2, 0) is 0 Å². The summed E-state index contributed by atoms with van der Waals surface area (Å²) in [5.74, 6) is 0.742. The lowest BCUT2D eigenvalue weighted by molar-refractivity contribution is 0.0740. The van der Waals surface area contributed by atoms with E-state index < -0.39 is 0 Å². The highest BCUT2D eigenvalue weighted by Gasteiger charge is 2.23. The second-order valence-electron chi connectivity index (χ2n) is 7.38. The van der Waals surface area contributed by atoms with Gasteiger partial charge in [-0.1, -0.05) is 37.5 Å². The normalized spacial score (nSPS) is 18.4. The molecule has 6 nitrogen and oxygen atoms in total. The first-order valence-corrected chi connectivity index (χ1v) is 9.97. The molecule has 27 heavy (non-hydrogen) atoms. The van der Waals surface area contributed by atoms with Crippen LogP contribution in [0.5, 0.6) is 0 Å². The lowest BCUT2D eigenvalue weighted by atomic mass is 9.96. The standard InChI is InChI=1S/C21H27N5O/c27-21(26-13-11-25(12-14-26)18-9-5-2-6-10-18)19-15-23-20(16-22-19)24-17-7-3-1-4-8-17/h2,5-6,9-10,15-17H,1,3-4,7-8,11-14H2,(H,23,24). The van der Waals surface area contributed by atoms with Crippen molar-refractivity contribution in [2.24, 2.45) is 0 Å². The van der Waals surface area contributed by atoms with Gasteiger partial charge in [0.25, 0.3) is 5.91 Å². The molecular formula is C21H27N5O. The van der Waals surface area contributed by atoms with Crippen molar-refractivity contribution in [3.63, 3.8) is 0 Å². The van der Waals surface area contributed by atoms with Gasteiger partial charge < -0.3 is 15.1 Å². The average molecular weight is 365 g/mol. The Balaban J connectivity index is 1.32. The minimum absolute atomic E-state index is 0.0283. The number of piperazine rings is 1. The van der Waals surface area contributed by atoms with Gasteiger partial charge in [0.2, 0.25) is 0 Å². The maximum Gasteiger partial charge on any atom is 0.274 e. The number of nitrogens with zero attached hydrogens (tertiary/aromatic N) is 4. The fraction of sp³-hybridized carbons (Fsp3) is 0.476. The van der Waals surface area contributed by atoms with Gasteiger partial charge in [-0.05, 0) is 25.0 Å². The van der Waals surface area contributed by atoms with Crippen molar-refractivity contribution in [1.82, 2.24) is 14.9 Å². The molecule has 6 heteroatoms. The van der Waals surface area contributed by atoms with Crippen LogP contribution in [0.25, 0.3) is 0 Å². The summed E-state index contributed by atoms with van der Waals surface area (Å²) in [4.78, 5) is 25.7. The maximum absolute atomic E-state index is 12.7. The summed E-state index contributed by atoms with van der Waals surface area (Å²) < 4.78 is 0. The summed E-state index contributed by atoms with van der Waals surface area (Å²) in [5, 5.41) is 3.45. The van der Waals surface area contributed by atoms with E-state index >= 15 is 0 Å². The summed E-state index contributed by atoms with van der Waals surface area (Å²) in [5.41, 5.74) is 1.64. The zero-order valence-corrected chi connectivity index (χ0v) is 15.7. The molecule has 0 spiro atoms. The lowest BCUT2D eigenvalue weighted by Gasteiger charge is -2.35. The highest BCUT2D eigenvalue weighted by Crippen LogP contribution is 2.21. The van der Waals surface area contributed by atoms with Crippen LogP contribution < -0.4 is 10.2 Å². The number of para-hydroxylation sites is 1. The first-order valence-electron chi connectivity index (χ1n) is 9.97. The summed E-state index contributed by atoms with van der Waals surface area (Å²) in [7, 11) is 0. The molecule has 2 heterocycles. The largest absolute Gasteiger partial charge is 0.368 e. The van der Waals surface area contributed by atoms with Crippen molar-refractivity contribution >= 4 is 17.4 Å². The number of amides is 1. The van der Waals surface area contributed by atoms with Gasteiger partial charge in [0.15, 0.2) is 0 Å². The third-order valence-electron chi connectivity index (χ3n) is 5.52. The highest BCUT2D eigenvalue weighted by atomic mass is 16.2. The zero-order chi connectivity index (χ0) is 18.5. The number of rotatable bonds is 4. The molecular weight excluding hydrogens is 338 g/mol. The maximum atomic E-state index is 12.7.